The Morgan fingerprint density at radius 2 is 1.83 bits per heavy atom. The molecule has 0 heterocycles. The van der Waals surface area contributed by atoms with Crippen molar-refractivity contribution >= 4 is 12.4 Å². The number of rotatable bonds is 6. The van der Waals surface area contributed by atoms with Crippen LogP contribution in [0.1, 0.15) is 36.4 Å². The van der Waals surface area contributed by atoms with Crippen molar-refractivity contribution in [1.29, 1.82) is 0 Å². The lowest BCUT2D eigenvalue weighted by Gasteiger charge is -2.34. The van der Waals surface area contributed by atoms with Crippen LogP contribution in [0.5, 0.6) is 11.5 Å². The third-order valence-corrected chi connectivity index (χ3v) is 4.61. The summed E-state index contributed by atoms with van der Waals surface area (Å²) in [5, 5.41) is 20.5. The normalized spacial score (nSPS) is 16.6. The van der Waals surface area contributed by atoms with Gasteiger partial charge in [0.1, 0.15) is 18.1 Å². The quantitative estimate of drug-likeness (QED) is 0.745. The molecule has 0 aromatic heterocycles. The second kappa shape index (κ2) is 8.38. The molecule has 2 aromatic rings. The standard InChI is InChI=1S/C19H23NO3.ClH/c20-18(19(22)14-7-4-8-14)16-10-9-15(11-17(16)21)23-12-13-5-2-1-3-6-13;/h1-3,5-6,9-11,14,18-19,21-22H,4,7-8,12,20H2;1H/t18-,19+;/m0./s1. The third-order valence-electron chi connectivity index (χ3n) is 4.61. The molecule has 0 amide bonds. The monoisotopic (exact) mass is 349 g/mol. The molecule has 0 saturated heterocycles. The Morgan fingerprint density at radius 3 is 2.42 bits per heavy atom. The maximum atomic E-state index is 10.3. The summed E-state index contributed by atoms with van der Waals surface area (Å²) in [4.78, 5) is 0. The molecule has 0 unspecified atom stereocenters. The molecule has 2 aromatic carbocycles. The predicted octanol–water partition coefficient (Wildman–Crippen LogP) is 3.55. The van der Waals surface area contributed by atoms with Gasteiger partial charge in [0.2, 0.25) is 0 Å². The van der Waals surface area contributed by atoms with Crippen LogP contribution < -0.4 is 10.5 Å². The first-order valence-electron chi connectivity index (χ1n) is 8.08. The van der Waals surface area contributed by atoms with E-state index < -0.39 is 12.1 Å². The van der Waals surface area contributed by atoms with Gasteiger partial charge >= 0.3 is 0 Å². The summed E-state index contributed by atoms with van der Waals surface area (Å²) in [6, 6.07) is 14.4. The number of phenols is 1. The first kappa shape index (κ1) is 18.6. The van der Waals surface area contributed by atoms with Crippen molar-refractivity contribution in [2.75, 3.05) is 0 Å². The highest BCUT2D eigenvalue weighted by molar-refractivity contribution is 5.85. The molecule has 5 heteroatoms. The van der Waals surface area contributed by atoms with E-state index in [4.69, 9.17) is 10.5 Å². The van der Waals surface area contributed by atoms with Gasteiger partial charge in [-0.3, -0.25) is 0 Å². The van der Waals surface area contributed by atoms with E-state index in [1.165, 1.54) is 0 Å². The maximum Gasteiger partial charge on any atom is 0.124 e. The minimum Gasteiger partial charge on any atom is -0.507 e. The summed E-state index contributed by atoms with van der Waals surface area (Å²) < 4.78 is 5.68. The molecule has 1 aliphatic rings. The lowest BCUT2D eigenvalue weighted by Crippen LogP contribution is -2.36. The second-order valence-electron chi connectivity index (χ2n) is 6.20. The van der Waals surface area contributed by atoms with Gasteiger partial charge in [-0.15, -0.1) is 12.4 Å². The fraction of sp³-hybridized carbons (Fsp3) is 0.368. The lowest BCUT2D eigenvalue weighted by atomic mass is 9.77. The predicted molar refractivity (Wildman–Crippen MR) is 96.4 cm³/mol. The summed E-state index contributed by atoms with van der Waals surface area (Å²) >= 11 is 0. The molecule has 0 bridgehead atoms. The van der Waals surface area contributed by atoms with Gasteiger partial charge in [-0.1, -0.05) is 36.8 Å². The van der Waals surface area contributed by atoms with Gasteiger partial charge < -0.3 is 20.7 Å². The molecular formula is C19H24ClNO3. The van der Waals surface area contributed by atoms with Crippen LogP contribution in [0.2, 0.25) is 0 Å². The molecule has 130 valence electrons. The van der Waals surface area contributed by atoms with E-state index in [0.717, 1.165) is 24.8 Å². The van der Waals surface area contributed by atoms with E-state index in [2.05, 4.69) is 0 Å². The van der Waals surface area contributed by atoms with Crippen LogP contribution in [-0.4, -0.2) is 16.3 Å². The fourth-order valence-electron chi connectivity index (χ4n) is 2.89. The highest BCUT2D eigenvalue weighted by atomic mass is 35.5. The first-order valence-corrected chi connectivity index (χ1v) is 8.08. The van der Waals surface area contributed by atoms with Gasteiger partial charge in [-0.05, 0) is 36.5 Å². The molecule has 0 aliphatic heterocycles. The average molecular weight is 350 g/mol. The second-order valence-corrected chi connectivity index (χ2v) is 6.20. The molecule has 4 nitrogen and oxygen atoms in total. The van der Waals surface area contributed by atoms with E-state index in [0.29, 0.717) is 17.9 Å². The molecule has 0 spiro atoms. The Labute approximate surface area is 148 Å². The summed E-state index contributed by atoms with van der Waals surface area (Å²) in [6.45, 7) is 0.441. The number of hydrogen-bond donors (Lipinski definition) is 3. The number of aliphatic hydroxyl groups is 1. The molecule has 0 radical (unpaired) electrons. The van der Waals surface area contributed by atoms with E-state index in [1.54, 1.807) is 18.2 Å². The van der Waals surface area contributed by atoms with Crippen molar-refractivity contribution < 1.29 is 14.9 Å². The number of aliphatic hydroxyl groups excluding tert-OH is 1. The van der Waals surface area contributed by atoms with E-state index in [9.17, 15) is 10.2 Å². The number of ether oxygens (including phenoxy) is 1. The van der Waals surface area contributed by atoms with Crippen LogP contribution >= 0.6 is 12.4 Å². The SMILES string of the molecule is Cl.N[C@@H](c1ccc(OCc2ccccc2)cc1O)[C@H](O)C1CCC1. The zero-order valence-corrected chi connectivity index (χ0v) is 14.3. The number of benzene rings is 2. The van der Waals surface area contributed by atoms with Crippen molar-refractivity contribution in [3.8, 4) is 11.5 Å². The average Bonchev–Trinajstić information content (AvgIpc) is 2.52. The van der Waals surface area contributed by atoms with Crippen molar-refractivity contribution in [1.82, 2.24) is 0 Å². The van der Waals surface area contributed by atoms with E-state index >= 15 is 0 Å². The van der Waals surface area contributed by atoms with Gasteiger partial charge in [0.25, 0.3) is 0 Å². The van der Waals surface area contributed by atoms with Crippen LogP contribution in [0.4, 0.5) is 0 Å². The summed E-state index contributed by atoms with van der Waals surface area (Å²) in [6.07, 6.45) is 2.56. The Kier molecular flexibility index (Phi) is 6.49. The van der Waals surface area contributed by atoms with Crippen LogP contribution in [0.3, 0.4) is 0 Å². The highest BCUT2D eigenvalue weighted by Gasteiger charge is 2.31. The molecule has 2 atom stereocenters. The number of aromatic hydroxyl groups is 1. The van der Waals surface area contributed by atoms with E-state index in [-0.39, 0.29) is 24.1 Å². The number of nitrogens with two attached hydrogens (primary N) is 1. The zero-order valence-electron chi connectivity index (χ0n) is 13.5. The highest BCUT2D eigenvalue weighted by Crippen LogP contribution is 2.37. The minimum absolute atomic E-state index is 0. The van der Waals surface area contributed by atoms with Crippen molar-refractivity contribution in [2.45, 2.75) is 38.0 Å². The van der Waals surface area contributed by atoms with Crippen LogP contribution in [0.25, 0.3) is 0 Å². The molecule has 24 heavy (non-hydrogen) atoms. The molecular weight excluding hydrogens is 326 g/mol. The molecule has 1 aliphatic carbocycles. The lowest BCUT2D eigenvalue weighted by molar-refractivity contribution is 0.0407. The Bertz CT molecular complexity index is 646. The van der Waals surface area contributed by atoms with Gasteiger partial charge in [0, 0.05) is 11.6 Å². The smallest absolute Gasteiger partial charge is 0.124 e. The summed E-state index contributed by atoms with van der Waals surface area (Å²) in [5.41, 5.74) is 7.74. The number of halogens is 1. The zero-order chi connectivity index (χ0) is 16.2. The van der Waals surface area contributed by atoms with Gasteiger partial charge in [-0.25, -0.2) is 0 Å². The van der Waals surface area contributed by atoms with Gasteiger partial charge in [0.05, 0.1) is 12.1 Å². The summed E-state index contributed by atoms with van der Waals surface area (Å²) in [7, 11) is 0. The number of phenolic OH excluding ortho intramolecular Hbond substituents is 1. The third kappa shape index (κ3) is 4.20. The van der Waals surface area contributed by atoms with Crippen molar-refractivity contribution in [3.63, 3.8) is 0 Å². The molecule has 4 N–H and O–H groups in total. The summed E-state index contributed by atoms with van der Waals surface area (Å²) in [5.74, 6) is 0.903. The van der Waals surface area contributed by atoms with Crippen LogP contribution in [0.15, 0.2) is 48.5 Å². The molecule has 1 saturated carbocycles. The van der Waals surface area contributed by atoms with E-state index in [1.807, 2.05) is 30.3 Å². The molecule has 3 rings (SSSR count). The Morgan fingerprint density at radius 1 is 1.12 bits per heavy atom. The van der Waals surface area contributed by atoms with Crippen molar-refractivity contribution in [2.24, 2.45) is 11.7 Å². The largest absolute Gasteiger partial charge is 0.507 e. The topological polar surface area (TPSA) is 75.7 Å². The molecule has 1 fully saturated rings. The Balaban J connectivity index is 0.00000208. The van der Waals surface area contributed by atoms with Gasteiger partial charge in [0.15, 0.2) is 0 Å². The van der Waals surface area contributed by atoms with Crippen LogP contribution in [0, 0.1) is 5.92 Å². The fourth-order valence-corrected chi connectivity index (χ4v) is 2.89. The Hall–Kier alpha value is -1.75. The number of hydrogen-bond acceptors (Lipinski definition) is 4. The van der Waals surface area contributed by atoms with Crippen molar-refractivity contribution in [3.05, 3.63) is 59.7 Å². The maximum absolute atomic E-state index is 10.3. The first-order chi connectivity index (χ1) is 11.1. The van der Waals surface area contributed by atoms with Crippen LogP contribution in [-0.2, 0) is 6.61 Å². The van der Waals surface area contributed by atoms with Gasteiger partial charge in [-0.2, -0.15) is 0 Å². The minimum atomic E-state index is -0.606.